The molecule has 2 rings (SSSR count). The second-order valence-electron chi connectivity index (χ2n) is 2.46. The number of carbonyl (C=O) groups excluding carboxylic acids is 1. The first-order valence-corrected chi connectivity index (χ1v) is 4.93. The topological polar surface area (TPSA) is 59.4 Å². The highest BCUT2D eigenvalue weighted by Crippen LogP contribution is 2.34. The Labute approximate surface area is 90.2 Å². The summed E-state index contributed by atoms with van der Waals surface area (Å²) in [5.74, 6) is -0.561. The lowest BCUT2D eigenvalue weighted by Gasteiger charge is -2.01. The number of fused-ring (bicyclic) bond motifs is 1. The predicted octanol–water partition coefficient (Wildman–Crippen LogP) is 1.77. The van der Waals surface area contributed by atoms with E-state index in [-0.39, 0.29) is 5.56 Å². The molecule has 1 aromatic heterocycles. The number of cyclic esters (lactones) is 1. The summed E-state index contributed by atoms with van der Waals surface area (Å²) in [7, 11) is 0. The van der Waals surface area contributed by atoms with Crippen molar-refractivity contribution in [2.75, 3.05) is 0 Å². The zero-order valence-electron chi connectivity index (χ0n) is 6.12. The van der Waals surface area contributed by atoms with Gasteiger partial charge in [-0.15, -0.1) is 0 Å². The summed E-state index contributed by atoms with van der Waals surface area (Å²) in [6.07, 6.45) is -1.18. The van der Waals surface area contributed by atoms with Crippen molar-refractivity contribution < 1.29 is 14.6 Å². The van der Waals surface area contributed by atoms with Gasteiger partial charge in [0, 0.05) is 5.56 Å². The fourth-order valence-electron chi connectivity index (χ4n) is 1.12. The van der Waals surface area contributed by atoms with Crippen LogP contribution in [0.2, 0.25) is 0 Å². The summed E-state index contributed by atoms with van der Waals surface area (Å²) in [4.78, 5) is 15.1. The molecule has 6 heteroatoms. The number of halogens is 2. The molecule has 1 aliphatic rings. The Morgan fingerprint density at radius 2 is 2.23 bits per heavy atom. The van der Waals surface area contributed by atoms with Crippen molar-refractivity contribution in [2.24, 2.45) is 0 Å². The van der Waals surface area contributed by atoms with Crippen LogP contribution in [0.3, 0.4) is 0 Å². The minimum atomic E-state index is -1.18. The van der Waals surface area contributed by atoms with E-state index in [4.69, 9.17) is 0 Å². The smallest absolute Gasteiger partial charge is 0.343 e. The molecule has 0 spiro atoms. The second-order valence-corrected chi connectivity index (χ2v) is 4.02. The monoisotopic (exact) mass is 307 g/mol. The molecule has 0 radical (unpaired) electrons. The van der Waals surface area contributed by atoms with Crippen LogP contribution in [-0.2, 0) is 4.74 Å². The molecule has 0 saturated carbocycles. The lowest BCUT2D eigenvalue weighted by molar-refractivity contribution is -0.0548. The number of ether oxygens (including phenoxy) is 1. The molecule has 1 unspecified atom stereocenters. The first kappa shape index (κ1) is 9.11. The third-order valence-corrected chi connectivity index (χ3v) is 2.64. The summed E-state index contributed by atoms with van der Waals surface area (Å²) >= 11 is 6.26. The molecule has 1 N–H and O–H groups in total. The number of hydrogen-bond acceptors (Lipinski definition) is 4. The summed E-state index contributed by atoms with van der Waals surface area (Å²) < 4.78 is 5.50. The molecular weight excluding hydrogens is 306 g/mol. The molecule has 13 heavy (non-hydrogen) atoms. The highest BCUT2D eigenvalue weighted by Gasteiger charge is 2.32. The van der Waals surface area contributed by atoms with E-state index in [0.29, 0.717) is 14.8 Å². The highest BCUT2D eigenvalue weighted by atomic mass is 79.9. The van der Waals surface area contributed by atoms with Crippen LogP contribution >= 0.6 is 31.9 Å². The quantitative estimate of drug-likeness (QED) is 0.586. The van der Waals surface area contributed by atoms with Crippen molar-refractivity contribution in [3.05, 3.63) is 26.4 Å². The van der Waals surface area contributed by atoms with E-state index >= 15 is 0 Å². The maximum absolute atomic E-state index is 11.1. The van der Waals surface area contributed by atoms with Crippen molar-refractivity contribution in [3.63, 3.8) is 0 Å². The Kier molecular flexibility index (Phi) is 2.13. The van der Waals surface area contributed by atoms with Gasteiger partial charge < -0.3 is 9.84 Å². The van der Waals surface area contributed by atoms with Gasteiger partial charge in [0.1, 0.15) is 14.8 Å². The number of pyridine rings is 1. The number of aliphatic hydroxyl groups is 1. The lowest BCUT2D eigenvalue weighted by Crippen LogP contribution is -1.97. The van der Waals surface area contributed by atoms with Gasteiger partial charge in [0.15, 0.2) is 0 Å². The zero-order valence-corrected chi connectivity index (χ0v) is 9.29. The van der Waals surface area contributed by atoms with E-state index in [9.17, 15) is 9.90 Å². The lowest BCUT2D eigenvalue weighted by atomic mass is 10.2. The molecule has 2 heterocycles. The van der Waals surface area contributed by atoms with Gasteiger partial charge in [0.2, 0.25) is 6.29 Å². The fourth-order valence-corrected chi connectivity index (χ4v) is 2.37. The van der Waals surface area contributed by atoms with E-state index < -0.39 is 12.3 Å². The molecule has 1 aliphatic heterocycles. The third kappa shape index (κ3) is 1.38. The summed E-state index contributed by atoms with van der Waals surface area (Å²) in [5.41, 5.74) is 0.717. The zero-order chi connectivity index (χ0) is 9.59. The van der Waals surface area contributed by atoms with Crippen molar-refractivity contribution in [1.29, 1.82) is 0 Å². The number of aromatic nitrogens is 1. The molecular formula is C7H3Br2NO3. The van der Waals surface area contributed by atoms with E-state index in [2.05, 4.69) is 41.6 Å². The Balaban J connectivity index is 2.69. The molecule has 0 aliphatic carbocycles. The maximum atomic E-state index is 11.1. The summed E-state index contributed by atoms with van der Waals surface area (Å²) in [5, 5.41) is 9.29. The molecule has 1 atom stereocenters. The van der Waals surface area contributed by atoms with Crippen LogP contribution in [-0.4, -0.2) is 16.1 Å². The molecule has 0 bridgehead atoms. The number of nitrogens with zero attached hydrogens (tertiary/aromatic N) is 1. The van der Waals surface area contributed by atoms with Gasteiger partial charge in [-0.2, -0.15) is 0 Å². The Morgan fingerprint density at radius 3 is 2.92 bits per heavy atom. The largest absolute Gasteiger partial charge is 0.428 e. The number of carbonyl (C=O) groups is 1. The van der Waals surface area contributed by atoms with Crippen LogP contribution < -0.4 is 0 Å². The van der Waals surface area contributed by atoms with E-state index in [0.717, 1.165) is 0 Å². The average molecular weight is 309 g/mol. The first-order valence-electron chi connectivity index (χ1n) is 3.34. The summed E-state index contributed by atoms with van der Waals surface area (Å²) in [6.45, 7) is 0. The van der Waals surface area contributed by atoms with Gasteiger partial charge >= 0.3 is 5.97 Å². The van der Waals surface area contributed by atoms with Crippen LogP contribution in [0.25, 0.3) is 0 Å². The molecule has 0 fully saturated rings. The van der Waals surface area contributed by atoms with Gasteiger partial charge in [0.05, 0.1) is 0 Å². The standard InChI is InChI=1S/C7H3Br2NO3/c8-3-1-2-4(5(9)10-3)7(12)13-6(2)11/h1,6,11H. The predicted molar refractivity (Wildman–Crippen MR) is 50.0 cm³/mol. The van der Waals surface area contributed by atoms with E-state index in [1.807, 2.05) is 0 Å². The SMILES string of the molecule is O=C1OC(O)c2cc(Br)nc(Br)c21. The van der Waals surface area contributed by atoms with Crippen LogP contribution in [0.1, 0.15) is 22.2 Å². The first-order chi connectivity index (χ1) is 6.09. The molecule has 0 saturated heterocycles. The van der Waals surface area contributed by atoms with Gasteiger partial charge in [-0.25, -0.2) is 9.78 Å². The van der Waals surface area contributed by atoms with E-state index in [1.165, 1.54) is 0 Å². The maximum Gasteiger partial charge on any atom is 0.343 e. The minimum Gasteiger partial charge on any atom is -0.428 e. The van der Waals surface area contributed by atoms with Gasteiger partial charge in [-0.1, -0.05) is 0 Å². The summed E-state index contributed by atoms with van der Waals surface area (Å²) in [6, 6.07) is 1.55. The molecule has 4 nitrogen and oxygen atoms in total. The normalized spacial score (nSPS) is 19.9. The van der Waals surface area contributed by atoms with Crippen LogP contribution in [0.15, 0.2) is 15.3 Å². The second kappa shape index (κ2) is 3.04. The van der Waals surface area contributed by atoms with E-state index in [1.54, 1.807) is 6.07 Å². The molecule has 0 amide bonds. The van der Waals surface area contributed by atoms with Gasteiger partial charge in [-0.05, 0) is 37.9 Å². The third-order valence-electron chi connectivity index (χ3n) is 1.66. The average Bonchev–Trinajstić information content (AvgIpc) is 2.27. The highest BCUT2D eigenvalue weighted by molar-refractivity contribution is 9.11. The van der Waals surface area contributed by atoms with Gasteiger partial charge in [0.25, 0.3) is 0 Å². The Bertz CT molecular complexity index is 394. The van der Waals surface area contributed by atoms with Gasteiger partial charge in [-0.3, -0.25) is 0 Å². The fraction of sp³-hybridized carbons (Fsp3) is 0.143. The van der Waals surface area contributed by atoms with Crippen molar-refractivity contribution >= 4 is 37.8 Å². The molecule has 0 aromatic carbocycles. The molecule has 68 valence electrons. The molecule has 1 aromatic rings. The number of aliphatic hydroxyl groups excluding tert-OH is 1. The van der Waals surface area contributed by atoms with Crippen LogP contribution in [0.4, 0.5) is 0 Å². The van der Waals surface area contributed by atoms with Crippen molar-refractivity contribution in [2.45, 2.75) is 6.29 Å². The number of hydrogen-bond donors (Lipinski definition) is 1. The number of esters is 1. The van der Waals surface area contributed by atoms with Crippen molar-refractivity contribution in [3.8, 4) is 0 Å². The van der Waals surface area contributed by atoms with Crippen LogP contribution in [0, 0.1) is 0 Å². The van der Waals surface area contributed by atoms with Crippen molar-refractivity contribution in [1.82, 2.24) is 4.98 Å². The number of rotatable bonds is 0. The van der Waals surface area contributed by atoms with Crippen LogP contribution in [0.5, 0.6) is 0 Å². The Morgan fingerprint density at radius 1 is 1.54 bits per heavy atom. The Hall–Kier alpha value is -0.460. The minimum absolute atomic E-state index is 0.288.